The first-order valence-corrected chi connectivity index (χ1v) is 4.35. The van der Waals surface area contributed by atoms with E-state index >= 15 is 0 Å². The number of benzene rings is 1. The van der Waals surface area contributed by atoms with E-state index in [1.807, 2.05) is 24.3 Å². The maximum atomic E-state index is 8.80. The summed E-state index contributed by atoms with van der Waals surface area (Å²) in [4.78, 5) is 0. The van der Waals surface area contributed by atoms with Gasteiger partial charge in [0.2, 0.25) is 0 Å². The second-order valence-electron chi connectivity index (χ2n) is 3.27. The molecule has 0 aliphatic heterocycles. The molecule has 0 spiro atoms. The lowest BCUT2D eigenvalue weighted by Gasteiger charge is -2.04. The lowest BCUT2D eigenvalue weighted by atomic mass is 10.2. The highest BCUT2D eigenvalue weighted by molar-refractivity contribution is 5.46. The number of anilines is 1. The Hall–Kier alpha value is -1.02. The molecule has 0 atom stereocenters. The summed E-state index contributed by atoms with van der Waals surface area (Å²) in [5.74, 6) is 0. The van der Waals surface area contributed by atoms with Crippen LogP contribution in [0.25, 0.3) is 0 Å². The van der Waals surface area contributed by atoms with Crippen LogP contribution in [0.15, 0.2) is 24.3 Å². The summed E-state index contributed by atoms with van der Waals surface area (Å²) in [6.07, 6.45) is 2.59. The van der Waals surface area contributed by atoms with Crippen molar-refractivity contribution in [2.45, 2.75) is 25.5 Å². The van der Waals surface area contributed by atoms with Gasteiger partial charge in [0.15, 0.2) is 0 Å². The van der Waals surface area contributed by atoms with Gasteiger partial charge >= 0.3 is 0 Å². The van der Waals surface area contributed by atoms with Crippen molar-refractivity contribution >= 4 is 5.69 Å². The zero-order valence-electron chi connectivity index (χ0n) is 6.96. The molecule has 1 aromatic rings. The van der Waals surface area contributed by atoms with Crippen LogP contribution in [0.1, 0.15) is 18.4 Å². The molecule has 1 saturated carbocycles. The lowest BCUT2D eigenvalue weighted by Crippen LogP contribution is -2.00. The van der Waals surface area contributed by atoms with Crippen molar-refractivity contribution in [1.82, 2.24) is 0 Å². The van der Waals surface area contributed by atoms with E-state index in [4.69, 9.17) is 5.11 Å². The minimum atomic E-state index is 0.129. The molecule has 2 rings (SSSR count). The Labute approximate surface area is 72.2 Å². The largest absolute Gasteiger partial charge is 0.392 e. The summed E-state index contributed by atoms with van der Waals surface area (Å²) >= 11 is 0. The number of rotatable bonds is 3. The van der Waals surface area contributed by atoms with Gasteiger partial charge in [0.05, 0.1) is 6.61 Å². The number of nitrogens with one attached hydrogen (secondary N) is 1. The highest BCUT2D eigenvalue weighted by Gasteiger charge is 2.20. The fourth-order valence-electron chi connectivity index (χ4n) is 1.17. The summed E-state index contributed by atoms with van der Waals surface area (Å²) < 4.78 is 0. The molecular formula is C10H13NO. The van der Waals surface area contributed by atoms with Gasteiger partial charge in [-0.05, 0) is 30.5 Å². The smallest absolute Gasteiger partial charge is 0.0681 e. The second-order valence-corrected chi connectivity index (χ2v) is 3.27. The van der Waals surface area contributed by atoms with Gasteiger partial charge in [0.25, 0.3) is 0 Å². The molecule has 1 aliphatic rings. The van der Waals surface area contributed by atoms with Crippen LogP contribution in [0, 0.1) is 0 Å². The van der Waals surface area contributed by atoms with Crippen molar-refractivity contribution in [3.8, 4) is 0 Å². The van der Waals surface area contributed by atoms with Crippen molar-refractivity contribution in [1.29, 1.82) is 0 Å². The van der Waals surface area contributed by atoms with Crippen LogP contribution in [0.5, 0.6) is 0 Å². The lowest BCUT2D eigenvalue weighted by molar-refractivity contribution is 0.282. The molecular weight excluding hydrogens is 150 g/mol. The summed E-state index contributed by atoms with van der Waals surface area (Å²) in [5.41, 5.74) is 2.13. The fourth-order valence-corrected chi connectivity index (χ4v) is 1.17. The summed E-state index contributed by atoms with van der Waals surface area (Å²) in [6, 6.07) is 8.63. The average molecular weight is 163 g/mol. The molecule has 2 nitrogen and oxygen atoms in total. The molecule has 0 heterocycles. The third-order valence-electron chi connectivity index (χ3n) is 2.08. The molecule has 0 bridgehead atoms. The van der Waals surface area contributed by atoms with E-state index in [2.05, 4.69) is 5.32 Å². The fraction of sp³-hybridized carbons (Fsp3) is 0.400. The molecule has 1 aliphatic carbocycles. The highest BCUT2D eigenvalue weighted by Crippen LogP contribution is 2.24. The van der Waals surface area contributed by atoms with Gasteiger partial charge in [0.1, 0.15) is 0 Å². The summed E-state index contributed by atoms with van der Waals surface area (Å²) in [5, 5.41) is 12.2. The molecule has 12 heavy (non-hydrogen) atoms. The van der Waals surface area contributed by atoms with Crippen molar-refractivity contribution in [3.05, 3.63) is 29.8 Å². The number of aliphatic hydroxyl groups excluding tert-OH is 1. The van der Waals surface area contributed by atoms with E-state index in [9.17, 15) is 0 Å². The van der Waals surface area contributed by atoms with Gasteiger partial charge in [0, 0.05) is 11.7 Å². The standard InChI is InChI=1S/C10H13NO/c12-7-8-1-3-9(4-2-8)11-10-5-6-10/h1-4,10-12H,5-7H2. The molecule has 2 N–H and O–H groups in total. The van der Waals surface area contributed by atoms with Crippen LogP contribution >= 0.6 is 0 Å². The molecule has 1 aromatic carbocycles. The quantitative estimate of drug-likeness (QED) is 0.711. The Morgan fingerprint density at radius 3 is 2.42 bits per heavy atom. The summed E-state index contributed by atoms with van der Waals surface area (Å²) in [6.45, 7) is 0.129. The van der Waals surface area contributed by atoms with Gasteiger partial charge in [-0.2, -0.15) is 0 Å². The maximum absolute atomic E-state index is 8.80. The molecule has 0 unspecified atom stereocenters. The number of aliphatic hydroxyl groups is 1. The minimum absolute atomic E-state index is 0.129. The Balaban J connectivity index is 2.02. The van der Waals surface area contributed by atoms with Crippen LogP contribution in [0.2, 0.25) is 0 Å². The van der Waals surface area contributed by atoms with Crippen LogP contribution < -0.4 is 5.32 Å². The van der Waals surface area contributed by atoms with E-state index in [0.717, 1.165) is 11.3 Å². The van der Waals surface area contributed by atoms with Crippen molar-refractivity contribution < 1.29 is 5.11 Å². The van der Waals surface area contributed by atoms with Crippen molar-refractivity contribution in [2.75, 3.05) is 5.32 Å². The Morgan fingerprint density at radius 2 is 1.92 bits per heavy atom. The first kappa shape index (κ1) is 7.62. The monoisotopic (exact) mass is 163 g/mol. The third-order valence-corrected chi connectivity index (χ3v) is 2.08. The maximum Gasteiger partial charge on any atom is 0.0681 e. The van der Waals surface area contributed by atoms with Gasteiger partial charge in [-0.1, -0.05) is 12.1 Å². The number of hydrogen-bond donors (Lipinski definition) is 2. The van der Waals surface area contributed by atoms with Gasteiger partial charge in [-0.25, -0.2) is 0 Å². The normalized spacial score (nSPS) is 16.1. The Kier molecular flexibility index (Phi) is 2.00. The van der Waals surface area contributed by atoms with Gasteiger partial charge < -0.3 is 10.4 Å². The molecule has 2 heteroatoms. The molecule has 0 saturated heterocycles. The van der Waals surface area contributed by atoms with Crippen LogP contribution in [-0.4, -0.2) is 11.1 Å². The molecule has 0 aromatic heterocycles. The Morgan fingerprint density at radius 1 is 1.25 bits per heavy atom. The number of hydrogen-bond acceptors (Lipinski definition) is 2. The predicted octanol–water partition coefficient (Wildman–Crippen LogP) is 1.75. The van der Waals surface area contributed by atoms with Gasteiger partial charge in [-0.3, -0.25) is 0 Å². The molecule has 64 valence electrons. The zero-order valence-corrected chi connectivity index (χ0v) is 6.96. The van der Waals surface area contributed by atoms with Crippen LogP contribution in [-0.2, 0) is 6.61 Å². The van der Waals surface area contributed by atoms with Crippen molar-refractivity contribution in [3.63, 3.8) is 0 Å². The topological polar surface area (TPSA) is 32.3 Å². The van der Waals surface area contributed by atoms with Crippen LogP contribution in [0.4, 0.5) is 5.69 Å². The van der Waals surface area contributed by atoms with E-state index < -0.39 is 0 Å². The predicted molar refractivity (Wildman–Crippen MR) is 49.0 cm³/mol. The summed E-state index contributed by atoms with van der Waals surface area (Å²) in [7, 11) is 0. The van der Waals surface area contributed by atoms with E-state index in [0.29, 0.717) is 6.04 Å². The average Bonchev–Trinajstić information content (AvgIpc) is 2.90. The molecule has 0 amide bonds. The minimum Gasteiger partial charge on any atom is -0.392 e. The van der Waals surface area contributed by atoms with E-state index in [-0.39, 0.29) is 6.61 Å². The molecule has 1 fully saturated rings. The van der Waals surface area contributed by atoms with Crippen molar-refractivity contribution in [2.24, 2.45) is 0 Å². The second kappa shape index (κ2) is 3.15. The van der Waals surface area contributed by atoms with Gasteiger partial charge in [-0.15, -0.1) is 0 Å². The zero-order chi connectivity index (χ0) is 8.39. The Bertz CT molecular complexity index is 251. The molecule has 0 radical (unpaired) electrons. The first-order chi connectivity index (χ1) is 5.88. The third kappa shape index (κ3) is 1.77. The van der Waals surface area contributed by atoms with Crippen LogP contribution in [0.3, 0.4) is 0 Å². The first-order valence-electron chi connectivity index (χ1n) is 4.35. The highest BCUT2D eigenvalue weighted by atomic mass is 16.3. The van der Waals surface area contributed by atoms with E-state index in [1.165, 1.54) is 12.8 Å². The SMILES string of the molecule is OCc1ccc(NC2CC2)cc1. The van der Waals surface area contributed by atoms with E-state index in [1.54, 1.807) is 0 Å².